The molecule has 146 valence electrons. The molecule has 0 fully saturated rings. The van der Waals surface area contributed by atoms with Gasteiger partial charge < -0.3 is 14.2 Å². The zero-order valence-corrected chi connectivity index (χ0v) is 16.2. The lowest BCUT2D eigenvalue weighted by molar-refractivity contribution is -0.173. The summed E-state index contributed by atoms with van der Waals surface area (Å²) in [5, 5.41) is 0. The van der Waals surface area contributed by atoms with Gasteiger partial charge in [-0.05, 0) is 37.8 Å². The van der Waals surface area contributed by atoms with E-state index >= 15 is 0 Å². The van der Waals surface area contributed by atoms with Crippen molar-refractivity contribution in [3.05, 3.63) is 47.5 Å². The molecule has 6 nitrogen and oxygen atoms in total. The van der Waals surface area contributed by atoms with Crippen LogP contribution in [0.25, 0.3) is 0 Å². The van der Waals surface area contributed by atoms with Crippen LogP contribution in [0.1, 0.15) is 30.9 Å². The fraction of sp³-hybridized carbons (Fsp3) is 0.476. The van der Waals surface area contributed by atoms with Crippen LogP contribution in [0.15, 0.2) is 36.4 Å². The summed E-state index contributed by atoms with van der Waals surface area (Å²) in [4.78, 5) is 36.8. The SMILES string of the molecule is COC(=O)C(Cc1ccc(C)cc1)(C(=O)OC)[C@H]1C=C[C@@H](OC(C)=O)CC1. The number of rotatable bonds is 6. The molecule has 1 aromatic rings. The summed E-state index contributed by atoms with van der Waals surface area (Å²) in [6, 6.07) is 7.65. The predicted molar refractivity (Wildman–Crippen MR) is 98.8 cm³/mol. The Bertz CT molecular complexity index is 703. The van der Waals surface area contributed by atoms with Crippen LogP contribution in [0.3, 0.4) is 0 Å². The first-order valence-corrected chi connectivity index (χ1v) is 8.91. The first-order chi connectivity index (χ1) is 12.8. The summed E-state index contributed by atoms with van der Waals surface area (Å²) in [7, 11) is 2.53. The van der Waals surface area contributed by atoms with Gasteiger partial charge in [0.2, 0.25) is 0 Å². The van der Waals surface area contributed by atoms with Gasteiger partial charge in [-0.25, -0.2) is 0 Å². The number of hydrogen-bond acceptors (Lipinski definition) is 6. The van der Waals surface area contributed by atoms with Gasteiger partial charge in [0.05, 0.1) is 14.2 Å². The molecule has 0 radical (unpaired) electrons. The van der Waals surface area contributed by atoms with E-state index in [0.717, 1.165) is 11.1 Å². The second-order valence-electron chi connectivity index (χ2n) is 6.83. The van der Waals surface area contributed by atoms with Crippen molar-refractivity contribution in [3.63, 3.8) is 0 Å². The average Bonchev–Trinajstić information content (AvgIpc) is 2.66. The number of esters is 3. The van der Waals surface area contributed by atoms with Crippen LogP contribution in [-0.2, 0) is 35.0 Å². The lowest BCUT2D eigenvalue weighted by atomic mass is 9.67. The minimum Gasteiger partial charge on any atom is -0.468 e. The first kappa shape index (κ1) is 20.7. The van der Waals surface area contributed by atoms with E-state index in [1.165, 1.54) is 21.1 Å². The Balaban J connectivity index is 2.42. The van der Waals surface area contributed by atoms with Crippen molar-refractivity contribution in [2.75, 3.05) is 14.2 Å². The maximum absolute atomic E-state index is 12.8. The van der Waals surface area contributed by atoms with Gasteiger partial charge in [-0.1, -0.05) is 35.9 Å². The largest absolute Gasteiger partial charge is 0.468 e. The van der Waals surface area contributed by atoms with Crippen LogP contribution in [-0.4, -0.2) is 38.2 Å². The fourth-order valence-electron chi connectivity index (χ4n) is 3.57. The van der Waals surface area contributed by atoms with Crippen molar-refractivity contribution in [1.82, 2.24) is 0 Å². The number of methoxy groups -OCH3 is 2. The highest BCUT2D eigenvalue weighted by atomic mass is 16.5. The molecule has 1 aliphatic rings. The number of carbonyl (C=O) groups is 3. The van der Waals surface area contributed by atoms with E-state index in [1.807, 2.05) is 31.2 Å². The van der Waals surface area contributed by atoms with Crippen molar-refractivity contribution in [1.29, 1.82) is 0 Å². The van der Waals surface area contributed by atoms with Crippen LogP contribution in [0, 0.1) is 18.3 Å². The lowest BCUT2D eigenvalue weighted by Crippen LogP contribution is -2.49. The topological polar surface area (TPSA) is 78.9 Å². The van der Waals surface area contributed by atoms with Crippen LogP contribution >= 0.6 is 0 Å². The van der Waals surface area contributed by atoms with Crippen molar-refractivity contribution in [3.8, 4) is 0 Å². The van der Waals surface area contributed by atoms with E-state index in [9.17, 15) is 14.4 Å². The number of benzene rings is 1. The molecule has 0 unspecified atom stereocenters. The number of hydrogen-bond donors (Lipinski definition) is 0. The maximum Gasteiger partial charge on any atom is 0.324 e. The Kier molecular flexibility index (Phi) is 6.77. The zero-order valence-electron chi connectivity index (χ0n) is 16.2. The summed E-state index contributed by atoms with van der Waals surface area (Å²) in [6.07, 6.45) is 4.31. The molecular formula is C21H26O6. The zero-order chi connectivity index (χ0) is 20.0. The number of allylic oxidation sites excluding steroid dienone is 1. The molecule has 1 aliphatic carbocycles. The fourth-order valence-corrected chi connectivity index (χ4v) is 3.57. The van der Waals surface area contributed by atoms with Crippen molar-refractivity contribution in [2.45, 2.75) is 39.2 Å². The molecule has 0 amide bonds. The number of aryl methyl sites for hydroxylation is 1. The molecule has 0 saturated heterocycles. The van der Waals surface area contributed by atoms with Crippen LogP contribution < -0.4 is 0 Å². The van der Waals surface area contributed by atoms with Crippen molar-refractivity contribution in [2.24, 2.45) is 11.3 Å². The normalized spacial score (nSPS) is 19.3. The van der Waals surface area contributed by atoms with Crippen molar-refractivity contribution >= 4 is 17.9 Å². The van der Waals surface area contributed by atoms with E-state index < -0.39 is 23.3 Å². The van der Waals surface area contributed by atoms with Gasteiger partial charge in [0, 0.05) is 12.8 Å². The number of carbonyl (C=O) groups excluding carboxylic acids is 3. The monoisotopic (exact) mass is 374 g/mol. The number of ether oxygens (including phenoxy) is 3. The van der Waals surface area contributed by atoms with Gasteiger partial charge in [-0.2, -0.15) is 0 Å². The molecule has 2 atom stereocenters. The molecule has 2 rings (SSSR count). The van der Waals surface area contributed by atoms with E-state index in [4.69, 9.17) is 14.2 Å². The Morgan fingerprint density at radius 1 is 1.00 bits per heavy atom. The van der Waals surface area contributed by atoms with Gasteiger partial charge in [0.25, 0.3) is 0 Å². The van der Waals surface area contributed by atoms with Gasteiger partial charge in [0.1, 0.15) is 6.10 Å². The Hall–Kier alpha value is -2.63. The third-order valence-corrected chi connectivity index (χ3v) is 4.97. The van der Waals surface area contributed by atoms with Crippen LogP contribution in [0.5, 0.6) is 0 Å². The highest BCUT2D eigenvalue weighted by Gasteiger charge is 2.54. The lowest BCUT2D eigenvalue weighted by Gasteiger charge is -2.36. The molecule has 0 spiro atoms. The van der Waals surface area contributed by atoms with Gasteiger partial charge in [0.15, 0.2) is 5.41 Å². The highest BCUT2D eigenvalue weighted by Crippen LogP contribution is 2.41. The highest BCUT2D eigenvalue weighted by molar-refractivity contribution is 6.01. The Morgan fingerprint density at radius 3 is 2.04 bits per heavy atom. The molecule has 0 saturated carbocycles. The third kappa shape index (κ3) is 4.56. The van der Waals surface area contributed by atoms with E-state index in [2.05, 4.69) is 0 Å². The Labute approximate surface area is 159 Å². The summed E-state index contributed by atoms with van der Waals surface area (Å²) >= 11 is 0. The molecule has 27 heavy (non-hydrogen) atoms. The first-order valence-electron chi connectivity index (χ1n) is 8.91. The minimum absolute atomic E-state index is 0.167. The van der Waals surface area contributed by atoms with Crippen molar-refractivity contribution < 1.29 is 28.6 Å². The van der Waals surface area contributed by atoms with Gasteiger partial charge in [-0.15, -0.1) is 0 Å². The summed E-state index contributed by atoms with van der Waals surface area (Å²) in [5.41, 5.74) is 0.436. The molecule has 1 aromatic carbocycles. The molecule has 0 heterocycles. The molecular weight excluding hydrogens is 348 g/mol. The van der Waals surface area contributed by atoms with Gasteiger partial charge in [-0.3, -0.25) is 14.4 Å². The second-order valence-corrected chi connectivity index (χ2v) is 6.83. The van der Waals surface area contributed by atoms with E-state index in [-0.39, 0.29) is 18.5 Å². The van der Waals surface area contributed by atoms with E-state index in [0.29, 0.717) is 12.8 Å². The quantitative estimate of drug-likeness (QED) is 0.330. The predicted octanol–water partition coefficient (Wildman–Crippen LogP) is 2.77. The molecule has 0 bridgehead atoms. The minimum atomic E-state index is -1.49. The summed E-state index contributed by atoms with van der Waals surface area (Å²) in [5.74, 6) is -2.05. The Morgan fingerprint density at radius 2 is 1.59 bits per heavy atom. The van der Waals surface area contributed by atoms with E-state index in [1.54, 1.807) is 12.2 Å². The second kappa shape index (κ2) is 8.84. The molecule has 0 aromatic heterocycles. The van der Waals surface area contributed by atoms with Gasteiger partial charge >= 0.3 is 17.9 Å². The summed E-state index contributed by atoms with van der Waals surface area (Å²) in [6.45, 7) is 3.32. The van der Waals surface area contributed by atoms with Crippen LogP contribution in [0.4, 0.5) is 0 Å². The molecule has 0 aliphatic heterocycles. The molecule has 6 heteroatoms. The standard InChI is InChI=1S/C21H26O6/c1-14-5-7-16(8-6-14)13-21(19(23)25-3,20(24)26-4)17-9-11-18(12-10-17)27-15(2)22/h5-9,11,17-18H,10,12-13H2,1-4H3/t17-,18+/m0/s1. The molecule has 0 N–H and O–H groups in total. The summed E-state index contributed by atoms with van der Waals surface area (Å²) < 4.78 is 15.2. The third-order valence-electron chi connectivity index (χ3n) is 4.97. The maximum atomic E-state index is 12.8. The van der Waals surface area contributed by atoms with Crippen LogP contribution in [0.2, 0.25) is 0 Å². The smallest absolute Gasteiger partial charge is 0.324 e. The average molecular weight is 374 g/mol.